The van der Waals surface area contributed by atoms with Crippen LogP contribution in [0.25, 0.3) is 0 Å². The molecule has 119 valence electrons. The topological polar surface area (TPSA) is 69.4 Å². The van der Waals surface area contributed by atoms with Crippen LogP contribution < -0.4 is 5.14 Å². The Morgan fingerprint density at radius 2 is 1.81 bits per heavy atom. The number of hydrogen-bond donors (Lipinski definition) is 1. The van der Waals surface area contributed by atoms with Gasteiger partial charge in [0.25, 0.3) is 0 Å². The number of halogens is 3. The zero-order chi connectivity index (χ0) is 16.5. The van der Waals surface area contributed by atoms with Crippen molar-refractivity contribution in [2.24, 2.45) is 10.6 Å². The van der Waals surface area contributed by atoms with E-state index in [0.717, 1.165) is 12.1 Å². The highest BCUT2D eigenvalue weighted by atomic mass is 32.2. The number of alkyl halides is 3. The van der Waals surface area contributed by atoms with E-state index in [1.807, 2.05) is 0 Å². The van der Waals surface area contributed by atoms with Crippen LogP contribution in [-0.2, 0) is 20.7 Å². The van der Waals surface area contributed by atoms with Gasteiger partial charge in [0.2, 0.25) is 0 Å². The molecule has 0 atom stereocenters. The van der Waals surface area contributed by atoms with Crippen LogP contribution >= 0.6 is 0 Å². The maximum atomic E-state index is 12.7. The van der Waals surface area contributed by atoms with Crippen molar-refractivity contribution < 1.29 is 25.8 Å². The largest absolute Gasteiger partial charge is 0.416 e. The molecule has 0 aliphatic heterocycles. The molecule has 0 saturated carbocycles. The molecule has 1 rings (SSSR count). The molecular formula is C13H17F3NO3S. The molecule has 0 unspecified atom stereocenters. The Bertz CT molecular complexity index is 591. The smallest absolute Gasteiger partial charge is 0.257 e. The third kappa shape index (κ3) is 5.64. The molecule has 0 spiro atoms. The standard InChI is InChI=1S/C13H17F3NO3S/c1-12(2,3)11(8-20-21(17,18)19)9-5-4-6-10(7-9)13(14,15)16/h4-7H,8H2,1-3H3,(H2,17,18,19). The van der Waals surface area contributed by atoms with Gasteiger partial charge in [-0.25, -0.2) is 5.14 Å². The summed E-state index contributed by atoms with van der Waals surface area (Å²) >= 11 is 0. The summed E-state index contributed by atoms with van der Waals surface area (Å²) in [5.41, 5.74) is -1.13. The van der Waals surface area contributed by atoms with Gasteiger partial charge in [-0.2, -0.15) is 21.6 Å². The van der Waals surface area contributed by atoms with Crippen LogP contribution in [0.1, 0.15) is 31.9 Å². The van der Waals surface area contributed by atoms with E-state index in [9.17, 15) is 21.6 Å². The SMILES string of the molecule is CC(C)(C)[C](COS(N)(=O)=O)c1cccc(C(F)(F)F)c1. The average molecular weight is 324 g/mol. The molecule has 21 heavy (non-hydrogen) atoms. The summed E-state index contributed by atoms with van der Waals surface area (Å²) in [5, 5.41) is 4.76. The minimum absolute atomic E-state index is 0.265. The Morgan fingerprint density at radius 1 is 1.24 bits per heavy atom. The van der Waals surface area contributed by atoms with Crippen molar-refractivity contribution in [3.05, 3.63) is 41.3 Å². The molecule has 0 bridgehead atoms. The molecule has 0 aliphatic carbocycles. The zero-order valence-corrected chi connectivity index (χ0v) is 12.7. The van der Waals surface area contributed by atoms with Gasteiger partial charge in [0.15, 0.2) is 0 Å². The van der Waals surface area contributed by atoms with Gasteiger partial charge in [-0.1, -0.05) is 39.0 Å². The first-order valence-corrected chi connectivity index (χ1v) is 7.49. The van der Waals surface area contributed by atoms with Gasteiger partial charge in [-0.05, 0) is 17.0 Å². The first kappa shape index (κ1) is 17.9. The lowest BCUT2D eigenvalue weighted by molar-refractivity contribution is -0.137. The Morgan fingerprint density at radius 3 is 2.24 bits per heavy atom. The van der Waals surface area contributed by atoms with Crippen molar-refractivity contribution >= 4 is 10.3 Å². The Labute approximate surface area is 122 Å². The summed E-state index contributed by atoms with van der Waals surface area (Å²) in [6.45, 7) is 4.84. The van der Waals surface area contributed by atoms with E-state index in [4.69, 9.17) is 5.14 Å². The van der Waals surface area contributed by atoms with E-state index < -0.39 is 34.1 Å². The predicted octanol–water partition coefficient (Wildman–Crippen LogP) is 2.89. The molecule has 2 N–H and O–H groups in total. The van der Waals surface area contributed by atoms with Crippen LogP contribution in [0.4, 0.5) is 13.2 Å². The van der Waals surface area contributed by atoms with Crippen molar-refractivity contribution in [1.29, 1.82) is 0 Å². The molecular weight excluding hydrogens is 307 g/mol. The quantitative estimate of drug-likeness (QED) is 0.926. The van der Waals surface area contributed by atoms with Gasteiger partial charge in [-0.3, -0.25) is 4.18 Å². The summed E-state index contributed by atoms with van der Waals surface area (Å²) in [6, 6.07) is 4.65. The Hall–Kier alpha value is -1.12. The van der Waals surface area contributed by atoms with Gasteiger partial charge in [-0.15, -0.1) is 0 Å². The second-order valence-corrected chi connectivity index (χ2v) is 6.78. The first-order chi connectivity index (χ1) is 9.31. The van der Waals surface area contributed by atoms with Crippen molar-refractivity contribution in [3.63, 3.8) is 0 Å². The van der Waals surface area contributed by atoms with Crippen molar-refractivity contribution in [2.45, 2.75) is 26.9 Å². The summed E-state index contributed by atoms with van der Waals surface area (Å²) < 4.78 is 64.5. The minimum atomic E-state index is -4.47. The minimum Gasteiger partial charge on any atom is -0.257 e. The van der Waals surface area contributed by atoms with Gasteiger partial charge in [0.1, 0.15) is 0 Å². The van der Waals surface area contributed by atoms with E-state index in [-0.39, 0.29) is 5.56 Å². The van der Waals surface area contributed by atoms with E-state index in [1.54, 1.807) is 20.8 Å². The number of benzene rings is 1. The highest BCUT2D eigenvalue weighted by molar-refractivity contribution is 7.84. The van der Waals surface area contributed by atoms with E-state index in [2.05, 4.69) is 4.18 Å². The molecule has 0 amide bonds. The molecule has 4 nitrogen and oxygen atoms in total. The normalized spacial score (nSPS) is 13.7. The highest BCUT2D eigenvalue weighted by Crippen LogP contribution is 2.37. The Kier molecular flexibility index (Phi) is 5.07. The summed E-state index contributed by atoms with van der Waals surface area (Å²) in [6.07, 6.45) is -4.47. The molecule has 1 radical (unpaired) electrons. The maximum Gasteiger partial charge on any atom is 0.416 e. The van der Waals surface area contributed by atoms with E-state index in [1.165, 1.54) is 12.1 Å². The van der Waals surface area contributed by atoms with E-state index in [0.29, 0.717) is 5.92 Å². The number of nitrogens with two attached hydrogens (primary N) is 1. The van der Waals surface area contributed by atoms with Gasteiger partial charge < -0.3 is 0 Å². The zero-order valence-electron chi connectivity index (χ0n) is 11.9. The van der Waals surface area contributed by atoms with E-state index >= 15 is 0 Å². The molecule has 1 aromatic rings. The molecule has 0 aliphatic rings. The van der Waals surface area contributed by atoms with Crippen molar-refractivity contribution in [2.75, 3.05) is 6.61 Å². The van der Waals surface area contributed by atoms with Crippen LogP contribution in [-0.4, -0.2) is 15.0 Å². The highest BCUT2D eigenvalue weighted by Gasteiger charge is 2.33. The third-order valence-corrected chi connectivity index (χ3v) is 3.26. The lowest BCUT2D eigenvalue weighted by atomic mass is 9.77. The lowest BCUT2D eigenvalue weighted by Gasteiger charge is -2.30. The molecule has 1 aromatic carbocycles. The summed E-state index contributed by atoms with van der Waals surface area (Å²) in [7, 11) is -4.17. The fraction of sp³-hybridized carbons (Fsp3) is 0.462. The molecule has 8 heteroatoms. The molecule has 0 fully saturated rings. The number of hydrogen-bond acceptors (Lipinski definition) is 3. The summed E-state index contributed by atoms with van der Waals surface area (Å²) in [5.74, 6) is 0.405. The maximum absolute atomic E-state index is 12.7. The fourth-order valence-corrected chi connectivity index (χ4v) is 2.04. The number of rotatable bonds is 4. The molecule has 0 saturated heterocycles. The third-order valence-electron chi connectivity index (χ3n) is 2.81. The molecule has 0 heterocycles. The first-order valence-electron chi connectivity index (χ1n) is 6.02. The van der Waals surface area contributed by atoms with Crippen molar-refractivity contribution in [3.8, 4) is 0 Å². The Balaban J connectivity index is 3.16. The summed E-state index contributed by atoms with van der Waals surface area (Å²) in [4.78, 5) is 0. The predicted molar refractivity (Wildman–Crippen MR) is 72.3 cm³/mol. The second kappa shape index (κ2) is 5.94. The average Bonchev–Trinajstić information content (AvgIpc) is 2.25. The lowest BCUT2D eigenvalue weighted by Crippen LogP contribution is -2.28. The van der Waals surface area contributed by atoms with Crippen LogP contribution in [0.15, 0.2) is 24.3 Å². The van der Waals surface area contributed by atoms with Gasteiger partial charge in [0.05, 0.1) is 12.2 Å². The second-order valence-electron chi connectivity index (χ2n) is 5.56. The molecule has 0 aromatic heterocycles. The fourth-order valence-electron chi connectivity index (χ4n) is 1.76. The van der Waals surface area contributed by atoms with Gasteiger partial charge in [0, 0.05) is 5.92 Å². The van der Waals surface area contributed by atoms with Crippen molar-refractivity contribution in [1.82, 2.24) is 0 Å². The van der Waals surface area contributed by atoms with Gasteiger partial charge >= 0.3 is 16.5 Å². The van der Waals surface area contributed by atoms with Crippen LogP contribution in [0.5, 0.6) is 0 Å². The van der Waals surface area contributed by atoms with Crippen LogP contribution in [0.2, 0.25) is 0 Å². The van der Waals surface area contributed by atoms with Crippen LogP contribution in [0.3, 0.4) is 0 Å². The monoisotopic (exact) mass is 324 g/mol. The van der Waals surface area contributed by atoms with Crippen LogP contribution in [0, 0.1) is 11.3 Å².